The van der Waals surface area contributed by atoms with E-state index in [1.54, 1.807) is 18.4 Å². The summed E-state index contributed by atoms with van der Waals surface area (Å²) in [5, 5.41) is 3.37. The fourth-order valence-corrected chi connectivity index (χ4v) is 3.79. The van der Waals surface area contributed by atoms with Crippen molar-refractivity contribution in [1.29, 1.82) is 0 Å². The lowest BCUT2D eigenvalue weighted by Crippen LogP contribution is -2.17. The van der Waals surface area contributed by atoms with Crippen LogP contribution in [0.4, 0.5) is 0 Å². The van der Waals surface area contributed by atoms with Gasteiger partial charge >= 0.3 is 0 Å². The summed E-state index contributed by atoms with van der Waals surface area (Å²) >= 11 is 5.31. The van der Waals surface area contributed by atoms with Crippen molar-refractivity contribution in [2.45, 2.75) is 13.0 Å². The molecule has 96 valence electrons. The van der Waals surface area contributed by atoms with E-state index in [1.165, 1.54) is 19.8 Å². The first kappa shape index (κ1) is 13.6. The van der Waals surface area contributed by atoms with Gasteiger partial charge in [0.1, 0.15) is 5.75 Å². The number of hydrogen-bond acceptors (Lipinski definition) is 3. The smallest absolute Gasteiger partial charge is 0.118 e. The summed E-state index contributed by atoms with van der Waals surface area (Å²) in [6, 6.07) is 10.6. The van der Waals surface area contributed by atoms with Crippen LogP contribution in [0.5, 0.6) is 5.75 Å². The third-order valence-electron chi connectivity index (χ3n) is 2.97. The minimum Gasteiger partial charge on any atom is -0.497 e. The standard InChI is InChI=1S/C14H16BrNOS/c1-9-12(8-13(15)18-9)14(16-2)10-4-6-11(17-3)7-5-10/h4-8,14,16H,1-3H3. The molecule has 2 nitrogen and oxygen atoms in total. The molecular weight excluding hydrogens is 310 g/mol. The minimum absolute atomic E-state index is 0.221. The predicted octanol–water partition coefficient (Wildman–Crippen LogP) is 4.14. The van der Waals surface area contributed by atoms with E-state index in [9.17, 15) is 0 Å². The van der Waals surface area contributed by atoms with Gasteiger partial charge < -0.3 is 10.1 Å². The lowest BCUT2D eigenvalue weighted by molar-refractivity contribution is 0.414. The van der Waals surface area contributed by atoms with Crippen molar-refractivity contribution in [2.24, 2.45) is 0 Å². The lowest BCUT2D eigenvalue weighted by atomic mass is 9.99. The van der Waals surface area contributed by atoms with Gasteiger partial charge in [0.2, 0.25) is 0 Å². The Balaban J connectivity index is 2.35. The van der Waals surface area contributed by atoms with Crippen molar-refractivity contribution in [3.8, 4) is 5.75 Å². The average molecular weight is 326 g/mol. The van der Waals surface area contributed by atoms with E-state index in [0.717, 1.165) is 5.75 Å². The normalized spacial score (nSPS) is 12.4. The molecule has 0 saturated heterocycles. The van der Waals surface area contributed by atoms with Crippen LogP contribution in [0.1, 0.15) is 22.0 Å². The van der Waals surface area contributed by atoms with Crippen molar-refractivity contribution in [3.63, 3.8) is 0 Å². The Hall–Kier alpha value is -0.840. The second-order valence-corrected chi connectivity index (χ2v) is 6.69. The number of halogens is 1. The molecule has 0 saturated carbocycles. The largest absolute Gasteiger partial charge is 0.497 e. The number of aryl methyl sites for hydroxylation is 1. The highest BCUT2D eigenvalue weighted by Gasteiger charge is 2.16. The molecule has 1 aromatic carbocycles. The van der Waals surface area contributed by atoms with Gasteiger partial charge in [0.25, 0.3) is 0 Å². The van der Waals surface area contributed by atoms with Gasteiger partial charge in [-0.05, 0) is 59.2 Å². The van der Waals surface area contributed by atoms with Crippen LogP contribution in [0.3, 0.4) is 0 Å². The highest BCUT2D eigenvalue weighted by atomic mass is 79.9. The van der Waals surface area contributed by atoms with Gasteiger partial charge in [-0.25, -0.2) is 0 Å². The molecule has 2 aromatic rings. The molecule has 1 aromatic heterocycles. The Morgan fingerprint density at radius 1 is 1.28 bits per heavy atom. The van der Waals surface area contributed by atoms with Crippen molar-refractivity contribution in [3.05, 3.63) is 50.1 Å². The Kier molecular flexibility index (Phi) is 4.43. The predicted molar refractivity (Wildman–Crippen MR) is 80.7 cm³/mol. The number of methoxy groups -OCH3 is 1. The van der Waals surface area contributed by atoms with Gasteiger partial charge in [0.15, 0.2) is 0 Å². The molecule has 1 N–H and O–H groups in total. The third-order valence-corrected chi connectivity index (χ3v) is 4.54. The molecule has 0 radical (unpaired) electrons. The van der Waals surface area contributed by atoms with Gasteiger partial charge in [-0.15, -0.1) is 11.3 Å². The lowest BCUT2D eigenvalue weighted by Gasteiger charge is -2.17. The highest BCUT2D eigenvalue weighted by molar-refractivity contribution is 9.11. The maximum Gasteiger partial charge on any atom is 0.118 e. The number of rotatable bonds is 4. The summed E-state index contributed by atoms with van der Waals surface area (Å²) in [7, 11) is 3.67. The molecule has 0 aliphatic carbocycles. The van der Waals surface area contributed by atoms with Crippen LogP contribution in [0, 0.1) is 6.92 Å². The summed E-state index contributed by atoms with van der Waals surface area (Å²) in [5.41, 5.74) is 2.56. The topological polar surface area (TPSA) is 21.3 Å². The van der Waals surface area contributed by atoms with Crippen LogP contribution in [0.25, 0.3) is 0 Å². The molecule has 0 aliphatic heterocycles. The van der Waals surface area contributed by atoms with Gasteiger partial charge in [0, 0.05) is 4.88 Å². The summed E-state index contributed by atoms with van der Waals surface area (Å²) in [6.07, 6.45) is 0. The maximum absolute atomic E-state index is 5.19. The van der Waals surface area contributed by atoms with Crippen LogP contribution >= 0.6 is 27.3 Å². The second kappa shape index (κ2) is 5.87. The van der Waals surface area contributed by atoms with Gasteiger partial charge in [0.05, 0.1) is 16.9 Å². The number of benzene rings is 1. The first-order valence-electron chi connectivity index (χ1n) is 5.72. The maximum atomic E-state index is 5.19. The molecule has 4 heteroatoms. The molecule has 1 unspecified atom stereocenters. The molecule has 0 aliphatic rings. The number of ether oxygens (including phenoxy) is 1. The summed E-state index contributed by atoms with van der Waals surface area (Å²) in [6.45, 7) is 2.15. The monoisotopic (exact) mass is 325 g/mol. The molecule has 0 fully saturated rings. The Bertz CT molecular complexity index is 521. The van der Waals surface area contributed by atoms with Gasteiger partial charge in [-0.3, -0.25) is 0 Å². The molecule has 0 bridgehead atoms. The zero-order chi connectivity index (χ0) is 13.1. The van der Waals surface area contributed by atoms with Crippen LogP contribution < -0.4 is 10.1 Å². The number of hydrogen-bond donors (Lipinski definition) is 1. The zero-order valence-corrected chi connectivity index (χ0v) is 13.1. The van der Waals surface area contributed by atoms with Crippen LogP contribution in [-0.4, -0.2) is 14.2 Å². The molecule has 1 atom stereocenters. The SMILES string of the molecule is CNC(c1ccc(OC)cc1)c1cc(Br)sc1C. The van der Waals surface area contributed by atoms with Crippen LogP contribution in [0.15, 0.2) is 34.1 Å². The molecular formula is C14H16BrNOS. The molecule has 2 rings (SSSR count). The summed E-state index contributed by atoms with van der Waals surface area (Å²) < 4.78 is 6.36. The first-order chi connectivity index (χ1) is 8.65. The first-order valence-corrected chi connectivity index (χ1v) is 7.33. The second-order valence-electron chi connectivity index (χ2n) is 4.06. The van der Waals surface area contributed by atoms with E-state index in [4.69, 9.17) is 4.74 Å². The van der Waals surface area contributed by atoms with E-state index in [1.807, 2.05) is 19.2 Å². The molecule has 1 heterocycles. The number of thiophene rings is 1. The van der Waals surface area contributed by atoms with Crippen molar-refractivity contribution < 1.29 is 4.74 Å². The van der Waals surface area contributed by atoms with Crippen molar-refractivity contribution in [1.82, 2.24) is 5.32 Å². The average Bonchev–Trinajstić information content (AvgIpc) is 2.70. The Morgan fingerprint density at radius 2 is 1.94 bits per heavy atom. The third kappa shape index (κ3) is 2.76. The molecule has 0 amide bonds. The van der Waals surface area contributed by atoms with E-state index < -0.39 is 0 Å². The van der Waals surface area contributed by atoms with E-state index >= 15 is 0 Å². The van der Waals surface area contributed by atoms with E-state index in [-0.39, 0.29) is 6.04 Å². The van der Waals surface area contributed by atoms with Crippen LogP contribution in [-0.2, 0) is 0 Å². The molecule has 18 heavy (non-hydrogen) atoms. The van der Waals surface area contributed by atoms with Crippen molar-refractivity contribution >= 4 is 27.3 Å². The highest BCUT2D eigenvalue weighted by Crippen LogP contribution is 2.33. The summed E-state index contributed by atoms with van der Waals surface area (Å²) in [5.74, 6) is 0.886. The van der Waals surface area contributed by atoms with Crippen LogP contribution in [0.2, 0.25) is 0 Å². The Labute approximate surface area is 120 Å². The minimum atomic E-state index is 0.221. The summed E-state index contributed by atoms with van der Waals surface area (Å²) in [4.78, 5) is 1.33. The van der Waals surface area contributed by atoms with E-state index in [0.29, 0.717) is 0 Å². The quantitative estimate of drug-likeness (QED) is 0.912. The fourth-order valence-electron chi connectivity index (χ4n) is 2.04. The van der Waals surface area contributed by atoms with E-state index in [2.05, 4.69) is 46.4 Å². The van der Waals surface area contributed by atoms with Gasteiger partial charge in [-0.2, -0.15) is 0 Å². The fraction of sp³-hybridized carbons (Fsp3) is 0.286. The molecule has 0 spiro atoms. The Morgan fingerprint density at radius 3 is 2.39 bits per heavy atom. The number of nitrogens with one attached hydrogen (secondary N) is 1. The zero-order valence-electron chi connectivity index (χ0n) is 10.7. The van der Waals surface area contributed by atoms with Gasteiger partial charge in [-0.1, -0.05) is 12.1 Å². The van der Waals surface area contributed by atoms with Crippen molar-refractivity contribution in [2.75, 3.05) is 14.2 Å².